The number of rotatable bonds is 3. The van der Waals surface area contributed by atoms with Gasteiger partial charge in [-0.05, 0) is 0 Å². The highest BCUT2D eigenvalue weighted by molar-refractivity contribution is 5.88. The Bertz CT molecular complexity index is 672. The van der Waals surface area contributed by atoms with Crippen LogP contribution in [0.25, 0.3) is 11.1 Å². The molecule has 1 saturated heterocycles. The van der Waals surface area contributed by atoms with Crippen LogP contribution in [-0.4, -0.2) is 33.9 Å². The van der Waals surface area contributed by atoms with E-state index in [1.54, 1.807) is 30.6 Å². The van der Waals surface area contributed by atoms with Crippen molar-refractivity contribution in [3.05, 3.63) is 42.0 Å². The van der Waals surface area contributed by atoms with Gasteiger partial charge in [-0.25, -0.2) is 14.4 Å². The molecule has 3 rings (SSSR count). The first-order valence-corrected chi connectivity index (χ1v) is 6.71. The van der Waals surface area contributed by atoms with Gasteiger partial charge in [-0.3, -0.25) is 0 Å². The highest BCUT2D eigenvalue weighted by atomic mass is 19.1. The summed E-state index contributed by atoms with van der Waals surface area (Å²) in [6.45, 7) is 0.953. The Balaban J connectivity index is 1.89. The summed E-state index contributed by atoms with van der Waals surface area (Å²) in [5.41, 5.74) is 1.87. The maximum absolute atomic E-state index is 14.2. The minimum Gasteiger partial charge on any atom is -0.392 e. The van der Waals surface area contributed by atoms with Gasteiger partial charge < -0.3 is 15.4 Å². The molecule has 1 aromatic heterocycles. The summed E-state index contributed by atoms with van der Waals surface area (Å²) < 4.78 is 14.2. The van der Waals surface area contributed by atoms with Gasteiger partial charge in [0.1, 0.15) is 5.82 Å². The molecule has 1 aromatic carbocycles. The van der Waals surface area contributed by atoms with Crippen molar-refractivity contribution >= 4 is 11.7 Å². The topological polar surface area (TPSA) is 73.1 Å². The second-order valence-corrected chi connectivity index (χ2v) is 4.98. The monoisotopic (exact) mass is 286 g/mol. The lowest BCUT2D eigenvalue weighted by Crippen LogP contribution is -2.21. The summed E-state index contributed by atoms with van der Waals surface area (Å²) in [5.74, 6) is 0.110. The van der Waals surface area contributed by atoms with Crippen LogP contribution in [0.1, 0.15) is 12.0 Å². The average Bonchev–Trinajstić information content (AvgIpc) is 2.94. The van der Waals surface area contributed by atoms with Crippen molar-refractivity contribution in [2.24, 2.45) is 0 Å². The van der Waals surface area contributed by atoms with E-state index in [9.17, 15) is 4.39 Å². The molecule has 0 unspecified atom stereocenters. The van der Waals surface area contributed by atoms with Crippen molar-refractivity contribution in [1.82, 2.24) is 9.97 Å². The highest BCUT2D eigenvalue weighted by Crippen LogP contribution is 2.25. The van der Waals surface area contributed by atoms with Crippen LogP contribution in [0.4, 0.5) is 10.3 Å². The van der Waals surface area contributed by atoms with Crippen molar-refractivity contribution < 1.29 is 9.50 Å². The molecule has 0 amide bonds. The quantitative estimate of drug-likeness (QED) is 0.905. The number of aliphatic hydroxyl groups excluding tert-OH is 1. The maximum Gasteiger partial charge on any atom is 0.225 e. The third-order valence-corrected chi connectivity index (χ3v) is 3.55. The van der Waals surface area contributed by atoms with Gasteiger partial charge in [0.05, 0.1) is 13.2 Å². The van der Waals surface area contributed by atoms with Crippen LogP contribution < -0.4 is 4.90 Å². The lowest BCUT2D eigenvalue weighted by molar-refractivity contribution is 0.276. The maximum atomic E-state index is 14.2. The van der Waals surface area contributed by atoms with Crippen LogP contribution in [0.5, 0.6) is 0 Å². The molecule has 0 bridgehead atoms. The first-order chi connectivity index (χ1) is 10.2. The number of aromatic nitrogens is 2. The third kappa shape index (κ3) is 2.62. The molecule has 5 nitrogen and oxygen atoms in total. The number of benzene rings is 1. The van der Waals surface area contributed by atoms with Crippen molar-refractivity contribution in [2.45, 2.75) is 13.0 Å². The van der Waals surface area contributed by atoms with Crippen LogP contribution >= 0.6 is 0 Å². The largest absolute Gasteiger partial charge is 0.392 e. The van der Waals surface area contributed by atoms with E-state index in [-0.39, 0.29) is 12.2 Å². The first kappa shape index (κ1) is 13.6. The van der Waals surface area contributed by atoms with Gasteiger partial charge in [-0.15, -0.1) is 0 Å². The van der Waals surface area contributed by atoms with E-state index < -0.39 is 5.82 Å². The minimum atomic E-state index is -0.445. The molecule has 2 aromatic rings. The molecule has 0 radical (unpaired) electrons. The molecule has 0 aliphatic carbocycles. The molecule has 0 saturated carbocycles. The Kier molecular flexibility index (Phi) is 3.62. The van der Waals surface area contributed by atoms with E-state index >= 15 is 0 Å². The smallest absolute Gasteiger partial charge is 0.225 e. The van der Waals surface area contributed by atoms with Crippen molar-refractivity contribution in [1.29, 1.82) is 5.41 Å². The first-order valence-electron chi connectivity index (χ1n) is 6.71. The summed E-state index contributed by atoms with van der Waals surface area (Å²) in [7, 11) is 0. The summed E-state index contributed by atoms with van der Waals surface area (Å²) in [6.07, 6.45) is 3.88. The molecular formula is C15H15FN4O. The zero-order valence-electron chi connectivity index (χ0n) is 11.4. The van der Waals surface area contributed by atoms with E-state index in [0.29, 0.717) is 29.3 Å². The van der Waals surface area contributed by atoms with Gasteiger partial charge >= 0.3 is 0 Å². The number of anilines is 1. The molecule has 1 aliphatic heterocycles. The Labute approximate surface area is 121 Å². The molecule has 6 heteroatoms. The van der Waals surface area contributed by atoms with Gasteiger partial charge in [0, 0.05) is 47.8 Å². The van der Waals surface area contributed by atoms with Gasteiger partial charge in [0.25, 0.3) is 0 Å². The SMILES string of the molecule is N=C1CCN(c2ncc(-c3cccc(CO)c3F)cn2)C1. The van der Waals surface area contributed by atoms with Gasteiger partial charge in [-0.2, -0.15) is 0 Å². The number of hydrogen-bond donors (Lipinski definition) is 2. The standard InChI is InChI=1S/C15H15FN4O/c16-14-10(9-21)2-1-3-13(14)11-6-18-15(19-7-11)20-5-4-12(17)8-20/h1-3,6-7,17,21H,4-5,8-9H2. The number of aliphatic hydroxyl groups is 1. The van der Waals surface area contributed by atoms with E-state index in [4.69, 9.17) is 10.5 Å². The average molecular weight is 286 g/mol. The Morgan fingerprint density at radius 3 is 2.67 bits per heavy atom. The Morgan fingerprint density at radius 2 is 2.05 bits per heavy atom. The van der Waals surface area contributed by atoms with E-state index in [0.717, 1.165) is 13.0 Å². The number of halogens is 1. The summed E-state index contributed by atoms with van der Waals surface area (Å²) in [6, 6.07) is 4.88. The van der Waals surface area contributed by atoms with E-state index in [2.05, 4.69) is 9.97 Å². The normalized spacial score (nSPS) is 14.8. The van der Waals surface area contributed by atoms with E-state index in [1.165, 1.54) is 0 Å². The molecule has 0 atom stereocenters. The van der Waals surface area contributed by atoms with Crippen molar-refractivity contribution in [2.75, 3.05) is 18.0 Å². The lowest BCUT2D eigenvalue weighted by Gasteiger charge is -2.14. The van der Waals surface area contributed by atoms with Crippen LogP contribution in [0, 0.1) is 11.2 Å². The summed E-state index contributed by atoms with van der Waals surface area (Å²) in [4.78, 5) is 10.4. The molecule has 1 aliphatic rings. The van der Waals surface area contributed by atoms with Crippen LogP contribution in [-0.2, 0) is 6.61 Å². The van der Waals surface area contributed by atoms with Crippen LogP contribution in [0.2, 0.25) is 0 Å². The van der Waals surface area contributed by atoms with Gasteiger partial charge in [0.2, 0.25) is 5.95 Å². The third-order valence-electron chi connectivity index (χ3n) is 3.55. The molecule has 21 heavy (non-hydrogen) atoms. The fourth-order valence-electron chi connectivity index (χ4n) is 2.38. The number of nitrogens with one attached hydrogen (secondary N) is 1. The minimum absolute atomic E-state index is 0.254. The molecular weight excluding hydrogens is 271 g/mol. The molecule has 0 spiro atoms. The van der Waals surface area contributed by atoms with Crippen molar-refractivity contribution in [3.63, 3.8) is 0 Å². The zero-order chi connectivity index (χ0) is 14.8. The number of nitrogens with zero attached hydrogens (tertiary/aromatic N) is 3. The second-order valence-electron chi connectivity index (χ2n) is 4.98. The lowest BCUT2D eigenvalue weighted by atomic mass is 10.1. The van der Waals surface area contributed by atoms with Gasteiger partial charge in [0.15, 0.2) is 0 Å². The molecule has 2 N–H and O–H groups in total. The fourth-order valence-corrected chi connectivity index (χ4v) is 2.38. The highest BCUT2D eigenvalue weighted by Gasteiger charge is 2.19. The summed E-state index contributed by atoms with van der Waals surface area (Å²) in [5, 5.41) is 16.7. The predicted molar refractivity (Wildman–Crippen MR) is 77.9 cm³/mol. The van der Waals surface area contributed by atoms with Crippen molar-refractivity contribution in [3.8, 4) is 11.1 Å². The zero-order valence-corrected chi connectivity index (χ0v) is 11.4. The molecule has 2 heterocycles. The van der Waals surface area contributed by atoms with Crippen LogP contribution in [0.3, 0.4) is 0 Å². The van der Waals surface area contributed by atoms with Gasteiger partial charge in [-0.1, -0.05) is 18.2 Å². The summed E-state index contributed by atoms with van der Waals surface area (Å²) >= 11 is 0. The number of hydrogen-bond acceptors (Lipinski definition) is 5. The second kappa shape index (κ2) is 5.57. The fraction of sp³-hybridized carbons (Fsp3) is 0.267. The van der Waals surface area contributed by atoms with E-state index in [1.807, 2.05) is 4.90 Å². The molecule has 108 valence electrons. The molecule has 1 fully saturated rings. The van der Waals surface area contributed by atoms with Crippen LogP contribution in [0.15, 0.2) is 30.6 Å². The Morgan fingerprint density at radius 1 is 1.29 bits per heavy atom. The predicted octanol–water partition coefficient (Wildman–Crippen LogP) is 2.00. The Hall–Kier alpha value is -2.34.